The number of aliphatic carboxylic acids is 1. The van der Waals surface area contributed by atoms with Crippen molar-refractivity contribution in [1.29, 1.82) is 0 Å². The molecular formula is C16H21F3N2O3. The SMILES string of the molecule is CCCN(CCCCC(=O)O)CC(=O)Nc1ccc(F)c(F)c1F. The molecule has 0 aliphatic heterocycles. The molecule has 0 bridgehead atoms. The van der Waals surface area contributed by atoms with Crippen molar-refractivity contribution in [3.8, 4) is 0 Å². The van der Waals surface area contributed by atoms with E-state index in [-0.39, 0.29) is 13.0 Å². The number of nitrogens with zero attached hydrogens (tertiary/aromatic N) is 1. The lowest BCUT2D eigenvalue weighted by Crippen LogP contribution is -2.34. The molecule has 1 aromatic rings. The number of anilines is 1. The van der Waals surface area contributed by atoms with Crippen molar-refractivity contribution in [3.05, 3.63) is 29.6 Å². The number of amides is 1. The van der Waals surface area contributed by atoms with Crippen LogP contribution >= 0.6 is 0 Å². The summed E-state index contributed by atoms with van der Waals surface area (Å²) in [7, 11) is 0. The monoisotopic (exact) mass is 346 g/mol. The molecule has 0 atom stereocenters. The normalized spacial score (nSPS) is 10.9. The first-order valence-electron chi connectivity index (χ1n) is 7.72. The van der Waals surface area contributed by atoms with Crippen molar-refractivity contribution in [1.82, 2.24) is 4.90 Å². The Morgan fingerprint density at radius 2 is 1.83 bits per heavy atom. The Morgan fingerprint density at radius 1 is 1.12 bits per heavy atom. The quantitative estimate of drug-likeness (QED) is 0.505. The molecule has 0 radical (unpaired) electrons. The van der Waals surface area contributed by atoms with Crippen LogP contribution < -0.4 is 5.32 Å². The van der Waals surface area contributed by atoms with E-state index in [1.54, 1.807) is 4.90 Å². The number of carbonyl (C=O) groups is 2. The molecule has 0 aliphatic rings. The van der Waals surface area contributed by atoms with E-state index in [9.17, 15) is 22.8 Å². The van der Waals surface area contributed by atoms with Crippen molar-refractivity contribution in [3.63, 3.8) is 0 Å². The first-order valence-corrected chi connectivity index (χ1v) is 7.72. The third kappa shape index (κ3) is 6.57. The van der Waals surface area contributed by atoms with Crippen LogP contribution in [0.5, 0.6) is 0 Å². The molecule has 1 rings (SSSR count). The number of carbonyl (C=O) groups excluding carboxylic acids is 1. The summed E-state index contributed by atoms with van der Waals surface area (Å²) in [6.45, 7) is 3.02. The van der Waals surface area contributed by atoms with Gasteiger partial charge in [0.2, 0.25) is 5.91 Å². The molecule has 2 N–H and O–H groups in total. The topological polar surface area (TPSA) is 69.6 Å². The van der Waals surface area contributed by atoms with Gasteiger partial charge in [0.25, 0.3) is 0 Å². The van der Waals surface area contributed by atoms with Crippen molar-refractivity contribution in [2.75, 3.05) is 25.0 Å². The van der Waals surface area contributed by atoms with Crippen LogP contribution in [0.3, 0.4) is 0 Å². The van der Waals surface area contributed by atoms with E-state index in [0.29, 0.717) is 25.9 Å². The number of hydrogen-bond donors (Lipinski definition) is 2. The van der Waals surface area contributed by atoms with E-state index >= 15 is 0 Å². The molecule has 0 aliphatic carbocycles. The van der Waals surface area contributed by atoms with Gasteiger partial charge in [-0.2, -0.15) is 0 Å². The second-order valence-corrected chi connectivity index (χ2v) is 5.40. The average molecular weight is 346 g/mol. The number of nitrogens with one attached hydrogen (secondary N) is 1. The lowest BCUT2D eigenvalue weighted by atomic mass is 10.2. The summed E-state index contributed by atoms with van der Waals surface area (Å²) in [6.07, 6.45) is 1.95. The van der Waals surface area contributed by atoms with E-state index in [0.717, 1.165) is 18.6 Å². The predicted molar refractivity (Wildman–Crippen MR) is 83.2 cm³/mol. The van der Waals surface area contributed by atoms with Gasteiger partial charge in [-0.1, -0.05) is 6.92 Å². The van der Waals surface area contributed by atoms with Crippen LogP contribution in [0.1, 0.15) is 32.6 Å². The minimum absolute atomic E-state index is 0.0423. The zero-order chi connectivity index (χ0) is 18.1. The van der Waals surface area contributed by atoms with Crippen molar-refractivity contribution in [2.24, 2.45) is 0 Å². The Balaban J connectivity index is 2.56. The molecule has 1 aromatic carbocycles. The van der Waals surface area contributed by atoms with Crippen molar-refractivity contribution < 1.29 is 27.9 Å². The number of halogens is 3. The third-order valence-electron chi connectivity index (χ3n) is 3.33. The summed E-state index contributed by atoms with van der Waals surface area (Å²) < 4.78 is 39.5. The summed E-state index contributed by atoms with van der Waals surface area (Å²) in [6, 6.07) is 1.70. The zero-order valence-corrected chi connectivity index (χ0v) is 13.4. The van der Waals surface area contributed by atoms with Crippen molar-refractivity contribution in [2.45, 2.75) is 32.6 Å². The smallest absolute Gasteiger partial charge is 0.303 e. The number of benzene rings is 1. The highest BCUT2D eigenvalue weighted by Crippen LogP contribution is 2.19. The third-order valence-corrected chi connectivity index (χ3v) is 3.33. The molecule has 0 heterocycles. The average Bonchev–Trinajstić information content (AvgIpc) is 2.52. The number of carboxylic acids is 1. The minimum atomic E-state index is -1.63. The molecule has 0 saturated heterocycles. The van der Waals surface area contributed by atoms with Crippen LogP contribution in [-0.4, -0.2) is 41.5 Å². The van der Waals surface area contributed by atoms with Crippen LogP contribution in [0.4, 0.5) is 18.9 Å². The van der Waals surface area contributed by atoms with E-state index in [1.807, 2.05) is 6.92 Å². The number of hydrogen-bond acceptors (Lipinski definition) is 3. The maximum Gasteiger partial charge on any atom is 0.303 e. The fourth-order valence-corrected chi connectivity index (χ4v) is 2.21. The van der Waals surface area contributed by atoms with Crippen LogP contribution in [0, 0.1) is 17.5 Å². The van der Waals surface area contributed by atoms with Gasteiger partial charge in [-0.25, -0.2) is 13.2 Å². The molecule has 1 amide bonds. The van der Waals surface area contributed by atoms with Crippen LogP contribution in [0.25, 0.3) is 0 Å². The highest BCUT2D eigenvalue weighted by atomic mass is 19.2. The first-order chi connectivity index (χ1) is 11.3. The highest BCUT2D eigenvalue weighted by molar-refractivity contribution is 5.92. The summed E-state index contributed by atoms with van der Waals surface area (Å²) in [5.74, 6) is -5.81. The first kappa shape index (κ1) is 20.0. The number of unbranched alkanes of at least 4 members (excludes halogenated alkanes) is 1. The summed E-state index contributed by atoms with van der Waals surface area (Å²) in [5.41, 5.74) is -0.416. The Hall–Kier alpha value is -2.09. The minimum Gasteiger partial charge on any atom is -0.481 e. The molecule has 0 saturated carbocycles. The lowest BCUT2D eigenvalue weighted by molar-refractivity contribution is -0.137. The largest absolute Gasteiger partial charge is 0.481 e. The van der Waals surface area contributed by atoms with E-state index in [2.05, 4.69) is 5.32 Å². The molecule has 0 fully saturated rings. The van der Waals surface area contributed by atoms with Gasteiger partial charge in [-0.05, 0) is 44.5 Å². The number of carboxylic acid groups (broad SMARTS) is 1. The lowest BCUT2D eigenvalue weighted by Gasteiger charge is -2.21. The fraction of sp³-hybridized carbons (Fsp3) is 0.500. The predicted octanol–water partition coefficient (Wildman–Crippen LogP) is 3.01. The molecular weight excluding hydrogens is 325 g/mol. The van der Waals surface area contributed by atoms with Gasteiger partial charge >= 0.3 is 5.97 Å². The fourth-order valence-electron chi connectivity index (χ4n) is 2.21. The van der Waals surface area contributed by atoms with Gasteiger partial charge in [-0.15, -0.1) is 0 Å². The van der Waals surface area contributed by atoms with E-state index in [4.69, 9.17) is 5.11 Å². The Kier molecular flexibility index (Phi) is 8.25. The second-order valence-electron chi connectivity index (χ2n) is 5.40. The second kappa shape index (κ2) is 9.92. The van der Waals surface area contributed by atoms with Gasteiger partial charge < -0.3 is 10.4 Å². The Labute approximate surface area is 138 Å². The molecule has 134 valence electrons. The van der Waals surface area contributed by atoms with Gasteiger partial charge in [0, 0.05) is 6.42 Å². The van der Waals surface area contributed by atoms with E-state index < -0.39 is 35.0 Å². The van der Waals surface area contributed by atoms with Gasteiger partial charge in [0.05, 0.1) is 12.2 Å². The van der Waals surface area contributed by atoms with Gasteiger partial charge in [0.15, 0.2) is 17.5 Å². The summed E-state index contributed by atoms with van der Waals surface area (Å²) in [5, 5.41) is 10.8. The highest BCUT2D eigenvalue weighted by Gasteiger charge is 2.16. The standard InChI is InChI=1S/C16H21F3N2O3/c1-2-8-21(9-4-3-5-14(23)24)10-13(22)20-12-7-6-11(17)15(18)16(12)19/h6-7H,2-5,8-10H2,1H3,(H,20,22)(H,23,24). The molecule has 0 aromatic heterocycles. The van der Waals surface area contributed by atoms with Crippen LogP contribution in [0.15, 0.2) is 12.1 Å². The van der Waals surface area contributed by atoms with E-state index in [1.165, 1.54) is 0 Å². The maximum atomic E-state index is 13.5. The summed E-state index contributed by atoms with van der Waals surface area (Å²) in [4.78, 5) is 24.2. The zero-order valence-electron chi connectivity index (χ0n) is 13.4. The molecule has 0 unspecified atom stereocenters. The number of rotatable bonds is 10. The molecule has 24 heavy (non-hydrogen) atoms. The summed E-state index contributed by atoms with van der Waals surface area (Å²) >= 11 is 0. The van der Waals surface area contributed by atoms with Crippen LogP contribution in [0.2, 0.25) is 0 Å². The maximum absolute atomic E-state index is 13.5. The molecule has 5 nitrogen and oxygen atoms in total. The van der Waals surface area contributed by atoms with Gasteiger partial charge in [0.1, 0.15) is 0 Å². The van der Waals surface area contributed by atoms with Crippen molar-refractivity contribution >= 4 is 17.6 Å². The van der Waals surface area contributed by atoms with Gasteiger partial charge in [-0.3, -0.25) is 14.5 Å². The molecule has 8 heteroatoms. The van der Waals surface area contributed by atoms with Crippen LogP contribution in [-0.2, 0) is 9.59 Å². The molecule has 0 spiro atoms. The Morgan fingerprint density at radius 3 is 2.46 bits per heavy atom. The Bertz CT molecular complexity index is 582.